The first-order chi connectivity index (χ1) is 9.93. The van der Waals surface area contributed by atoms with Gasteiger partial charge in [0.15, 0.2) is 11.5 Å². The van der Waals surface area contributed by atoms with E-state index < -0.39 is 5.60 Å². The molecule has 1 unspecified atom stereocenters. The molecule has 0 radical (unpaired) electrons. The zero-order chi connectivity index (χ0) is 15.9. The van der Waals surface area contributed by atoms with Gasteiger partial charge in [0.2, 0.25) is 5.75 Å². The summed E-state index contributed by atoms with van der Waals surface area (Å²) in [6.45, 7) is 7.27. The molecule has 2 N–H and O–H groups in total. The monoisotopic (exact) mass is 297 g/mol. The number of nitrogens with one attached hydrogen (secondary N) is 1. The van der Waals surface area contributed by atoms with E-state index in [4.69, 9.17) is 14.2 Å². The minimum atomic E-state index is -0.962. The average Bonchev–Trinajstić information content (AvgIpc) is 2.45. The SMILES string of the molecule is CCCNCC(C)(O)COc1c(OC)cc(C)cc1OC. The molecular formula is C16H27NO4. The van der Waals surface area contributed by atoms with Gasteiger partial charge in [-0.15, -0.1) is 0 Å². The van der Waals surface area contributed by atoms with Crippen LogP contribution in [-0.2, 0) is 0 Å². The predicted octanol–water partition coefficient (Wildman–Crippen LogP) is 2.14. The van der Waals surface area contributed by atoms with Crippen molar-refractivity contribution in [3.05, 3.63) is 17.7 Å². The number of aliphatic hydroxyl groups is 1. The van der Waals surface area contributed by atoms with Crippen molar-refractivity contribution >= 4 is 0 Å². The van der Waals surface area contributed by atoms with E-state index in [9.17, 15) is 5.11 Å². The van der Waals surface area contributed by atoms with Crippen molar-refractivity contribution in [1.82, 2.24) is 5.32 Å². The second-order valence-electron chi connectivity index (χ2n) is 5.46. The molecule has 1 rings (SSSR count). The van der Waals surface area contributed by atoms with Crippen molar-refractivity contribution in [2.24, 2.45) is 0 Å². The van der Waals surface area contributed by atoms with Crippen molar-refractivity contribution in [1.29, 1.82) is 0 Å². The van der Waals surface area contributed by atoms with E-state index in [1.165, 1.54) is 0 Å². The Morgan fingerprint density at radius 3 is 2.24 bits per heavy atom. The van der Waals surface area contributed by atoms with Gasteiger partial charge in [-0.3, -0.25) is 0 Å². The van der Waals surface area contributed by atoms with Gasteiger partial charge in [0, 0.05) is 6.54 Å². The number of hydrogen-bond donors (Lipinski definition) is 2. The standard InChI is InChI=1S/C16H27NO4/c1-6-7-17-10-16(3,18)11-21-15-13(19-4)8-12(2)9-14(15)20-5/h8-9,17-18H,6-7,10-11H2,1-5H3. The highest BCUT2D eigenvalue weighted by Gasteiger charge is 2.23. The van der Waals surface area contributed by atoms with Crippen LogP contribution in [0, 0.1) is 6.92 Å². The molecule has 0 aliphatic carbocycles. The van der Waals surface area contributed by atoms with Crippen LogP contribution < -0.4 is 19.5 Å². The highest BCUT2D eigenvalue weighted by Crippen LogP contribution is 2.38. The molecule has 1 aromatic rings. The third-order valence-electron chi connectivity index (χ3n) is 3.07. The smallest absolute Gasteiger partial charge is 0.203 e. The van der Waals surface area contributed by atoms with Crippen LogP contribution in [0.4, 0.5) is 0 Å². The zero-order valence-electron chi connectivity index (χ0n) is 13.7. The van der Waals surface area contributed by atoms with Gasteiger partial charge in [-0.2, -0.15) is 0 Å². The number of aryl methyl sites for hydroxylation is 1. The lowest BCUT2D eigenvalue weighted by Crippen LogP contribution is -2.43. The Bertz CT molecular complexity index is 421. The fraction of sp³-hybridized carbons (Fsp3) is 0.625. The van der Waals surface area contributed by atoms with E-state index >= 15 is 0 Å². The molecule has 0 saturated heterocycles. The summed E-state index contributed by atoms with van der Waals surface area (Å²) >= 11 is 0. The van der Waals surface area contributed by atoms with Gasteiger partial charge in [0.25, 0.3) is 0 Å². The highest BCUT2D eigenvalue weighted by atomic mass is 16.5. The first-order valence-electron chi connectivity index (χ1n) is 7.22. The third-order valence-corrected chi connectivity index (χ3v) is 3.07. The molecule has 0 heterocycles. The Hall–Kier alpha value is -1.46. The van der Waals surface area contributed by atoms with Crippen molar-refractivity contribution in [2.45, 2.75) is 32.8 Å². The van der Waals surface area contributed by atoms with E-state index in [-0.39, 0.29) is 6.61 Å². The Morgan fingerprint density at radius 1 is 1.19 bits per heavy atom. The van der Waals surface area contributed by atoms with Gasteiger partial charge in [-0.1, -0.05) is 6.92 Å². The molecule has 21 heavy (non-hydrogen) atoms. The Labute approximate surface area is 127 Å². The number of rotatable bonds is 9. The molecule has 1 atom stereocenters. The van der Waals surface area contributed by atoms with E-state index in [1.807, 2.05) is 19.1 Å². The summed E-state index contributed by atoms with van der Waals surface area (Å²) in [5.41, 5.74) is 0.0585. The maximum atomic E-state index is 10.3. The van der Waals surface area contributed by atoms with Gasteiger partial charge in [0.05, 0.1) is 14.2 Å². The molecule has 0 aliphatic heterocycles. The summed E-state index contributed by atoms with van der Waals surface area (Å²) in [4.78, 5) is 0. The molecule has 120 valence electrons. The molecular weight excluding hydrogens is 270 g/mol. The zero-order valence-corrected chi connectivity index (χ0v) is 13.7. The summed E-state index contributed by atoms with van der Waals surface area (Å²) < 4.78 is 16.4. The van der Waals surface area contributed by atoms with Crippen molar-refractivity contribution in [3.63, 3.8) is 0 Å². The number of methoxy groups -OCH3 is 2. The summed E-state index contributed by atoms with van der Waals surface area (Å²) in [7, 11) is 3.17. The van der Waals surface area contributed by atoms with Crippen LogP contribution in [0.2, 0.25) is 0 Å². The normalized spacial score (nSPS) is 13.6. The Morgan fingerprint density at radius 2 is 1.76 bits per heavy atom. The predicted molar refractivity (Wildman–Crippen MR) is 83.6 cm³/mol. The molecule has 0 aliphatic rings. The first-order valence-corrected chi connectivity index (χ1v) is 7.22. The van der Waals surface area contributed by atoms with Crippen molar-refractivity contribution < 1.29 is 19.3 Å². The summed E-state index contributed by atoms with van der Waals surface area (Å²) in [5.74, 6) is 1.72. The quantitative estimate of drug-likeness (QED) is 0.684. The summed E-state index contributed by atoms with van der Waals surface area (Å²) in [6.07, 6.45) is 1.02. The van der Waals surface area contributed by atoms with Gasteiger partial charge < -0.3 is 24.6 Å². The van der Waals surface area contributed by atoms with E-state index in [2.05, 4.69) is 12.2 Å². The largest absolute Gasteiger partial charge is 0.493 e. The first kappa shape index (κ1) is 17.6. The second-order valence-corrected chi connectivity index (χ2v) is 5.46. The minimum Gasteiger partial charge on any atom is -0.493 e. The van der Waals surface area contributed by atoms with Crippen LogP contribution in [0.3, 0.4) is 0 Å². The molecule has 0 saturated carbocycles. The lowest BCUT2D eigenvalue weighted by molar-refractivity contribution is 0.0110. The topological polar surface area (TPSA) is 60.0 Å². The van der Waals surface area contributed by atoms with Gasteiger partial charge in [-0.25, -0.2) is 0 Å². The number of ether oxygens (including phenoxy) is 3. The molecule has 1 aromatic carbocycles. The van der Waals surface area contributed by atoms with Gasteiger partial charge in [-0.05, 0) is 44.5 Å². The Kier molecular flexibility index (Phi) is 6.78. The average molecular weight is 297 g/mol. The van der Waals surface area contributed by atoms with Gasteiger partial charge >= 0.3 is 0 Å². The summed E-state index contributed by atoms with van der Waals surface area (Å²) in [5, 5.41) is 13.5. The van der Waals surface area contributed by atoms with E-state index in [1.54, 1.807) is 21.1 Å². The molecule has 0 amide bonds. The molecule has 0 bridgehead atoms. The van der Waals surface area contributed by atoms with Crippen LogP contribution in [0.5, 0.6) is 17.2 Å². The Balaban J connectivity index is 2.78. The van der Waals surface area contributed by atoms with Gasteiger partial charge in [0.1, 0.15) is 12.2 Å². The summed E-state index contributed by atoms with van der Waals surface area (Å²) in [6, 6.07) is 3.75. The van der Waals surface area contributed by atoms with Crippen LogP contribution in [-0.4, -0.2) is 44.6 Å². The maximum Gasteiger partial charge on any atom is 0.203 e. The highest BCUT2D eigenvalue weighted by molar-refractivity contribution is 5.53. The molecule has 0 spiro atoms. The van der Waals surface area contributed by atoms with Crippen LogP contribution >= 0.6 is 0 Å². The fourth-order valence-corrected chi connectivity index (χ4v) is 1.97. The third kappa shape index (κ3) is 5.44. The number of benzene rings is 1. The minimum absolute atomic E-state index is 0.152. The lowest BCUT2D eigenvalue weighted by Gasteiger charge is -2.25. The molecule has 0 aromatic heterocycles. The maximum absolute atomic E-state index is 10.3. The van der Waals surface area contributed by atoms with Crippen LogP contribution in [0.15, 0.2) is 12.1 Å². The van der Waals surface area contributed by atoms with E-state index in [0.717, 1.165) is 18.5 Å². The fourth-order valence-electron chi connectivity index (χ4n) is 1.97. The van der Waals surface area contributed by atoms with Crippen LogP contribution in [0.1, 0.15) is 25.8 Å². The lowest BCUT2D eigenvalue weighted by atomic mass is 10.1. The van der Waals surface area contributed by atoms with Crippen LogP contribution in [0.25, 0.3) is 0 Å². The number of hydrogen-bond acceptors (Lipinski definition) is 5. The molecule has 5 heteroatoms. The molecule has 5 nitrogen and oxygen atoms in total. The molecule has 0 fully saturated rings. The van der Waals surface area contributed by atoms with E-state index in [0.29, 0.717) is 23.8 Å². The van der Waals surface area contributed by atoms with Crippen molar-refractivity contribution in [2.75, 3.05) is 33.9 Å². The second kappa shape index (κ2) is 8.10. The van der Waals surface area contributed by atoms with Crippen molar-refractivity contribution in [3.8, 4) is 17.2 Å².